The Kier molecular flexibility index (Phi) is 7.43. The zero-order chi connectivity index (χ0) is 24.9. The molecule has 0 amide bonds. The molecule has 4 aromatic rings. The van der Waals surface area contributed by atoms with Gasteiger partial charge in [-0.05, 0) is 40.1 Å². The van der Waals surface area contributed by atoms with Crippen molar-refractivity contribution in [1.82, 2.24) is 4.98 Å². The van der Waals surface area contributed by atoms with Gasteiger partial charge in [-0.2, -0.15) is 0 Å². The van der Waals surface area contributed by atoms with Crippen molar-refractivity contribution in [3.63, 3.8) is 0 Å². The quantitative estimate of drug-likeness (QED) is 0.299. The van der Waals surface area contributed by atoms with Crippen molar-refractivity contribution in [3.05, 3.63) is 90.6 Å². The van der Waals surface area contributed by atoms with E-state index in [1.165, 1.54) is 0 Å². The summed E-state index contributed by atoms with van der Waals surface area (Å²) in [5.41, 5.74) is 3.21. The number of anilines is 1. The highest BCUT2D eigenvalue weighted by Gasteiger charge is 2.32. The standard InChI is InChI=1S/C27H26N2O5S/c1-18(2)26(27(30)31)29(35(32)33)24-13-11-21(12-14-24)20-9-7-19(8-10-20)17-34-25-15-22-5-3-4-6-23(22)16-28-25/h3-16,18,26H,17H2,1-2H3,(H,30,31)(H,32,33). The maximum absolute atomic E-state index is 11.9. The van der Waals surface area contributed by atoms with E-state index in [4.69, 9.17) is 4.74 Å². The molecule has 0 aliphatic heterocycles. The molecule has 0 bridgehead atoms. The Balaban J connectivity index is 1.45. The number of hydrogen-bond acceptors (Lipinski definition) is 4. The van der Waals surface area contributed by atoms with Crippen molar-refractivity contribution < 1.29 is 23.4 Å². The molecule has 2 N–H and O–H groups in total. The molecule has 1 heterocycles. The van der Waals surface area contributed by atoms with Gasteiger partial charge >= 0.3 is 5.97 Å². The molecular formula is C27H26N2O5S. The molecule has 0 aliphatic carbocycles. The van der Waals surface area contributed by atoms with Crippen molar-refractivity contribution in [3.8, 4) is 17.0 Å². The second kappa shape index (κ2) is 10.7. The maximum atomic E-state index is 11.9. The van der Waals surface area contributed by atoms with Crippen LogP contribution in [0.4, 0.5) is 5.69 Å². The number of carboxylic acid groups (broad SMARTS) is 1. The molecule has 8 heteroatoms. The number of aliphatic carboxylic acids is 1. The van der Waals surface area contributed by atoms with E-state index in [-0.39, 0.29) is 5.92 Å². The van der Waals surface area contributed by atoms with E-state index in [2.05, 4.69) is 4.98 Å². The summed E-state index contributed by atoms with van der Waals surface area (Å²) in [5.74, 6) is -0.943. The molecule has 4 rings (SSSR count). The van der Waals surface area contributed by atoms with Crippen LogP contribution >= 0.6 is 0 Å². The minimum Gasteiger partial charge on any atom is -0.480 e. The molecule has 35 heavy (non-hydrogen) atoms. The minimum atomic E-state index is -2.47. The van der Waals surface area contributed by atoms with Crippen LogP contribution in [0.1, 0.15) is 19.4 Å². The van der Waals surface area contributed by atoms with Gasteiger partial charge in [0, 0.05) is 17.6 Å². The third-order valence-electron chi connectivity index (χ3n) is 5.71. The summed E-state index contributed by atoms with van der Waals surface area (Å²) >= 11 is -2.47. The van der Waals surface area contributed by atoms with Crippen LogP contribution in [0.25, 0.3) is 21.9 Å². The lowest BCUT2D eigenvalue weighted by molar-refractivity contribution is -0.139. The highest BCUT2D eigenvalue weighted by atomic mass is 32.2. The molecule has 0 saturated carbocycles. The third-order valence-corrected chi connectivity index (χ3v) is 6.48. The topological polar surface area (TPSA) is 100.0 Å². The van der Waals surface area contributed by atoms with Crippen LogP contribution in [0.5, 0.6) is 5.88 Å². The first-order valence-electron chi connectivity index (χ1n) is 11.1. The first-order chi connectivity index (χ1) is 16.8. The molecule has 0 fully saturated rings. The molecule has 7 nitrogen and oxygen atoms in total. The third kappa shape index (κ3) is 5.67. The Bertz CT molecular complexity index is 1340. The van der Waals surface area contributed by atoms with Crippen molar-refractivity contribution in [2.45, 2.75) is 26.5 Å². The highest BCUT2D eigenvalue weighted by Crippen LogP contribution is 2.27. The molecule has 180 valence electrons. The van der Waals surface area contributed by atoms with Crippen molar-refractivity contribution >= 4 is 33.7 Å². The average molecular weight is 491 g/mol. The van der Waals surface area contributed by atoms with Gasteiger partial charge in [-0.3, -0.25) is 8.86 Å². The van der Waals surface area contributed by atoms with Gasteiger partial charge < -0.3 is 9.84 Å². The fourth-order valence-corrected chi connectivity index (χ4v) is 4.73. The van der Waals surface area contributed by atoms with Crippen molar-refractivity contribution in [1.29, 1.82) is 0 Å². The average Bonchev–Trinajstić information content (AvgIpc) is 2.85. The van der Waals surface area contributed by atoms with Crippen LogP contribution in [0.2, 0.25) is 0 Å². The van der Waals surface area contributed by atoms with E-state index in [0.717, 1.165) is 31.8 Å². The second-order valence-electron chi connectivity index (χ2n) is 8.49. The van der Waals surface area contributed by atoms with E-state index in [1.807, 2.05) is 54.6 Å². The zero-order valence-corrected chi connectivity index (χ0v) is 20.2. The summed E-state index contributed by atoms with van der Waals surface area (Å²) in [5, 5.41) is 11.7. The highest BCUT2D eigenvalue weighted by molar-refractivity contribution is 7.80. The first kappa shape index (κ1) is 24.4. The normalized spacial score (nSPS) is 12.9. The van der Waals surface area contributed by atoms with Gasteiger partial charge in [0.05, 0.1) is 5.69 Å². The van der Waals surface area contributed by atoms with Crippen LogP contribution < -0.4 is 9.04 Å². The predicted octanol–water partition coefficient (Wildman–Crippen LogP) is 5.53. The number of carbonyl (C=O) groups is 1. The van der Waals surface area contributed by atoms with Gasteiger partial charge in [0.25, 0.3) is 11.3 Å². The Morgan fingerprint density at radius 3 is 2.14 bits per heavy atom. The lowest BCUT2D eigenvalue weighted by atomic mass is 10.0. The lowest BCUT2D eigenvalue weighted by Crippen LogP contribution is -2.45. The monoisotopic (exact) mass is 490 g/mol. The SMILES string of the molecule is CC(C)C(C(=O)O)N(c1ccc(-c2ccc(COc3cc4ccccc4cn3)cc2)cc1)S(=O)O. The number of ether oxygens (including phenoxy) is 1. The summed E-state index contributed by atoms with van der Waals surface area (Å²) in [7, 11) is 0. The number of pyridine rings is 1. The maximum Gasteiger partial charge on any atom is 0.327 e. The number of aromatic nitrogens is 1. The van der Waals surface area contributed by atoms with Gasteiger partial charge in [-0.25, -0.2) is 14.0 Å². The van der Waals surface area contributed by atoms with Crippen LogP contribution in [-0.4, -0.2) is 30.9 Å². The largest absolute Gasteiger partial charge is 0.480 e. The number of carboxylic acids is 1. The summed E-state index contributed by atoms with van der Waals surface area (Å²) in [6, 6.07) is 23.6. The molecule has 1 aromatic heterocycles. The van der Waals surface area contributed by atoms with Crippen LogP contribution in [0.3, 0.4) is 0 Å². The zero-order valence-electron chi connectivity index (χ0n) is 19.4. The van der Waals surface area contributed by atoms with E-state index in [0.29, 0.717) is 18.2 Å². The smallest absolute Gasteiger partial charge is 0.327 e. The Morgan fingerprint density at radius 2 is 1.57 bits per heavy atom. The van der Waals surface area contributed by atoms with E-state index in [1.54, 1.807) is 44.3 Å². The fraction of sp³-hybridized carbons (Fsp3) is 0.185. The van der Waals surface area contributed by atoms with Crippen LogP contribution in [0.15, 0.2) is 85.1 Å². The van der Waals surface area contributed by atoms with E-state index < -0.39 is 23.3 Å². The summed E-state index contributed by atoms with van der Waals surface area (Å²) in [4.78, 5) is 16.0. The van der Waals surface area contributed by atoms with Gasteiger partial charge in [0.1, 0.15) is 12.6 Å². The fourth-order valence-electron chi connectivity index (χ4n) is 3.90. The summed E-state index contributed by atoms with van der Waals surface area (Å²) in [6.45, 7) is 3.79. The Morgan fingerprint density at radius 1 is 0.971 bits per heavy atom. The second-order valence-corrected chi connectivity index (χ2v) is 9.34. The first-order valence-corrected chi connectivity index (χ1v) is 12.2. The van der Waals surface area contributed by atoms with Gasteiger partial charge in [0.15, 0.2) is 0 Å². The molecule has 2 unspecified atom stereocenters. The molecule has 0 aliphatic rings. The minimum absolute atomic E-state index is 0.358. The van der Waals surface area contributed by atoms with E-state index in [9.17, 15) is 18.7 Å². The molecule has 0 radical (unpaired) electrons. The van der Waals surface area contributed by atoms with Crippen LogP contribution in [-0.2, 0) is 22.7 Å². The Hall–Kier alpha value is -3.75. The number of hydrogen-bond donors (Lipinski definition) is 2. The number of nitrogens with zero attached hydrogens (tertiary/aromatic N) is 2. The van der Waals surface area contributed by atoms with Gasteiger partial charge in [0.2, 0.25) is 5.88 Å². The molecule has 0 saturated heterocycles. The van der Waals surface area contributed by atoms with Crippen LogP contribution in [0, 0.1) is 5.92 Å². The van der Waals surface area contributed by atoms with Crippen molar-refractivity contribution in [2.75, 3.05) is 4.31 Å². The molecule has 0 spiro atoms. The molecule has 3 aromatic carbocycles. The molecular weight excluding hydrogens is 464 g/mol. The predicted molar refractivity (Wildman–Crippen MR) is 137 cm³/mol. The summed E-state index contributed by atoms with van der Waals surface area (Å²) in [6.07, 6.45) is 1.80. The van der Waals surface area contributed by atoms with Gasteiger partial charge in [-0.15, -0.1) is 0 Å². The van der Waals surface area contributed by atoms with Crippen molar-refractivity contribution in [2.24, 2.45) is 5.92 Å². The van der Waals surface area contributed by atoms with Gasteiger partial charge in [-0.1, -0.05) is 74.5 Å². The summed E-state index contributed by atoms with van der Waals surface area (Å²) < 4.78 is 28.5. The number of fused-ring (bicyclic) bond motifs is 1. The molecule has 2 atom stereocenters. The van der Waals surface area contributed by atoms with E-state index >= 15 is 0 Å². The Labute approximate surface area is 206 Å². The lowest BCUT2D eigenvalue weighted by Gasteiger charge is -2.29. The number of rotatable bonds is 9. The number of benzene rings is 3.